The first-order valence-corrected chi connectivity index (χ1v) is 8.05. The molecular formula is C17H25N3. The van der Waals surface area contributed by atoms with E-state index < -0.39 is 0 Å². The van der Waals surface area contributed by atoms with E-state index in [4.69, 9.17) is 5.26 Å². The first kappa shape index (κ1) is 13.7. The molecule has 20 heavy (non-hydrogen) atoms. The maximum Gasteiger partial charge on any atom is 0.0628 e. The summed E-state index contributed by atoms with van der Waals surface area (Å²) >= 11 is 0. The third-order valence-corrected chi connectivity index (χ3v) is 4.88. The fourth-order valence-electron chi connectivity index (χ4n) is 3.49. The summed E-state index contributed by atoms with van der Waals surface area (Å²) in [4.78, 5) is 0. The van der Waals surface area contributed by atoms with E-state index in [0.29, 0.717) is 17.9 Å². The summed E-state index contributed by atoms with van der Waals surface area (Å²) in [6, 6.07) is 2.91. The van der Waals surface area contributed by atoms with Gasteiger partial charge < -0.3 is 9.88 Å². The van der Waals surface area contributed by atoms with Crippen molar-refractivity contribution in [3.05, 3.63) is 23.5 Å². The largest absolute Gasteiger partial charge is 0.353 e. The van der Waals surface area contributed by atoms with Crippen LogP contribution in [0.15, 0.2) is 12.4 Å². The Bertz CT molecular complexity index is 505. The van der Waals surface area contributed by atoms with Crippen LogP contribution in [0, 0.1) is 16.7 Å². The van der Waals surface area contributed by atoms with Crippen molar-refractivity contribution < 1.29 is 0 Å². The molecule has 0 saturated heterocycles. The van der Waals surface area contributed by atoms with Crippen molar-refractivity contribution in [3.8, 4) is 6.07 Å². The minimum absolute atomic E-state index is 0.294. The van der Waals surface area contributed by atoms with Crippen molar-refractivity contribution in [1.82, 2.24) is 9.88 Å². The predicted octanol–water partition coefficient (Wildman–Crippen LogP) is 3.56. The highest BCUT2D eigenvalue weighted by atomic mass is 15.0. The number of nitrogens with zero attached hydrogens (tertiary/aromatic N) is 2. The summed E-state index contributed by atoms with van der Waals surface area (Å²) in [5.74, 6) is 0. The second-order valence-electron chi connectivity index (χ2n) is 6.64. The lowest BCUT2D eigenvalue weighted by molar-refractivity contribution is 0.430. The van der Waals surface area contributed by atoms with Crippen LogP contribution in [-0.4, -0.2) is 11.1 Å². The van der Waals surface area contributed by atoms with Gasteiger partial charge in [-0.15, -0.1) is 0 Å². The van der Waals surface area contributed by atoms with Gasteiger partial charge >= 0.3 is 0 Å². The van der Waals surface area contributed by atoms with E-state index in [1.165, 1.54) is 49.7 Å². The summed E-state index contributed by atoms with van der Waals surface area (Å²) in [5, 5.41) is 12.6. The van der Waals surface area contributed by atoms with Crippen LogP contribution in [0.4, 0.5) is 0 Å². The Morgan fingerprint density at radius 1 is 1.45 bits per heavy atom. The average Bonchev–Trinajstić information content (AvgIpc) is 3.06. The number of aryl methyl sites for hydroxylation is 1. The quantitative estimate of drug-likeness (QED) is 0.859. The minimum atomic E-state index is 0.294. The lowest BCUT2D eigenvalue weighted by Gasteiger charge is -2.23. The van der Waals surface area contributed by atoms with Crippen LogP contribution in [0.5, 0.6) is 0 Å². The Balaban J connectivity index is 1.72. The molecule has 1 aromatic rings. The van der Waals surface area contributed by atoms with Crippen LogP contribution in [0.3, 0.4) is 0 Å². The number of hydrogen-bond acceptors (Lipinski definition) is 2. The highest BCUT2D eigenvalue weighted by molar-refractivity contribution is 5.30. The van der Waals surface area contributed by atoms with Crippen LogP contribution in [0.1, 0.15) is 62.6 Å². The summed E-state index contributed by atoms with van der Waals surface area (Å²) in [5.41, 5.74) is 3.33. The smallest absolute Gasteiger partial charge is 0.0628 e. The predicted molar refractivity (Wildman–Crippen MR) is 80.3 cm³/mol. The molecule has 0 amide bonds. The monoisotopic (exact) mass is 271 g/mol. The third-order valence-electron chi connectivity index (χ3n) is 4.88. The Kier molecular flexibility index (Phi) is 3.85. The topological polar surface area (TPSA) is 40.8 Å². The van der Waals surface area contributed by atoms with E-state index >= 15 is 0 Å². The number of nitriles is 1. The van der Waals surface area contributed by atoms with Gasteiger partial charge in [-0.2, -0.15) is 5.26 Å². The summed E-state index contributed by atoms with van der Waals surface area (Å²) in [6.45, 7) is 4.36. The van der Waals surface area contributed by atoms with Crippen molar-refractivity contribution in [2.75, 3.05) is 6.54 Å². The summed E-state index contributed by atoms with van der Waals surface area (Å²) < 4.78 is 2.36. The first-order chi connectivity index (χ1) is 9.76. The first-order valence-electron chi connectivity index (χ1n) is 8.05. The number of fused-ring (bicyclic) bond motifs is 1. The second kappa shape index (κ2) is 5.61. The fourth-order valence-corrected chi connectivity index (χ4v) is 3.49. The molecule has 0 radical (unpaired) electrons. The molecule has 108 valence electrons. The molecule has 1 heterocycles. The summed E-state index contributed by atoms with van der Waals surface area (Å²) in [6.07, 6.45) is 12.8. The van der Waals surface area contributed by atoms with Gasteiger partial charge in [-0.05, 0) is 56.2 Å². The molecule has 0 aliphatic heterocycles. The molecule has 1 unspecified atom stereocenters. The molecule has 2 aliphatic rings. The van der Waals surface area contributed by atoms with Gasteiger partial charge in [0.15, 0.2) is 0 Å². The molecular weight excluding hydrogens is 246 g/mol. The molecule has 1 N–H and O–H groups in total. The van der Waals surface area contributed by atoms with E-state index in [9.17, 15) is 0 Å². The van der Waals surface area contributed by atoms with Gasteiger partial charge in [-0.1, -0.05) is 6.92 Å². The zero-order chi connectivity index (χ0) is 14.0. The molecule has 1 aromatic heterocycles. The van der Waals surface area contributed by atoms with Crippen LogP contribution in [-0.2, 0) is 13.0 Å². The number of hydrogen-bond donors (Lipinski definition) is 1. The summed E-state index contributed by atoms with van der Waals surface area (Å²) in [7, 11) is 0. The Morgan fingerprint density at radius 3 is 3.00 bits per heavy atom. The minimum Gasteiger partial charge on any atom is -0.353 e. The van der Waals surface area contributed by atoms with Crippen LogP contribution < -0.4 is 5.32 Å². The molecule has 1 fully saturated rings. The van der Waals surface area contributed by atoms with Crippen LogP contribution >= 0.6 is 0 Å². The molecule has 1 saturated carbocycles. The van der Waals surface area contributed by atoms with Gasteiger partial charge in [-0.25, -0.2) is 0 Å². The normalized spacial score (nSPS) is 23.1. The van der Waals surface area contributed by atoms with E-state index in [1.54, 1.807) is 0 Å². The second-order valence-corrected chi connectivity index (χ2v) is 6.64. The third kappa shape index (κ3) is 2.76. The Labute approximate surface area is 122 Å². The molecule has 3 nitrogen and oxygen atoms in total. The van der Waals surface area contributed by atoms with Gasteiger partial charge in [-0.3, -0.25) is 0 Å². The van der Waals surface area contributed by atoms with E-state index in [-0.39, 0.29) is 0 Å². The van der Waals surface area contributed by atoms with Crippen molar-refractivity contribution in [3.63, 3.8) is 0 Å². The van der Waals surface area contributed by atoms with Crippen molar-refractivity contribution in [2.45, 2.75) is 64.5 Å². The average molecular weight is 271 g/mol. The van der Waals surface area contributed by atoms with Crippen molar-refractivity contribution in [1.29, 1.82) is 5.26 Å². The maximum absolute atomic E-state index is 8.95. The SMILES string of the molecule is CCCNC1CCCc2cn(CC3(CC#N)CC3)cc21. The molecule has 0 bridgehead atoms. The Hall–Kier alpha value is -1.27. The number of nitrogens with one attached hydrogen (secondary N) is 1. The van der Waals surface area contributed by atoms with Gasteiger partial charge in [0.2, 0.25) is 0 Å². The van der Waals surface area contributed by atoms with Crippen LogP contribution in [0.25, 0.3) is 0 Å². The van der Waals surface area contributed by atoms with Gasteiger partial charge in [0.25, 0.3) is 0 Å². The lowest BCUT2D eigenvalue weighted by Crippen LogP contribution is -2.25. The van der Waals surface area contributed by atoms with Crippen LogP contribution in [0.2, 0.25) is 0 Å². The van der Waals surface area contributed by atoms with E-state index in [1.807, 2.05) is 0 Å². The Morgan fingerprint density at radius 2 is 2.30 bits per heavy atom. The standard InChI is InChI=1S/C17H25N3/c1-2-10-19-16-5-3-4-14-11-20(12-15(14)16)13-17(6-7-17)8-9-18/h11-12,16,19H,2-8,10,13H2,1H3. The number of rotatable bonds is 6. The van der Waals surface area contributed by atoms with E-state index in [2.05, 4.69) is 35.3 Å². The molecule has 3 rings (SSSR count). The van der Waals surface area contributed by atoms with Gasteiger partial charge in [0.05, 0.1) is 6.07 Å². The number of aromatic nitrogens is 1. The molecule has 0 aromatic carbocycles. The van der Waals surface area contributed by atoms with E-state index in [0.717, 1.165) is 13.1 Å². The highest BCUT2D eigenvalue weighted by Gasteiger charge is 2.42. The maximum atomic E-state index is 8.95. The highest BCUT2D eigenvalue weighted by Crippen LogP contribution is 2.50. The fraction of sp³-hybridized carbons (Fsp3) is 0.706. The van der Waals surface area contributed by atoms with Gasteiger partial charge in [0.1, 0.15) is 0 Å². The van der Waals surface area contributed by atoms with Crippen molar-refractivity contribution in [2.24, 2.45) is 5.41 Å². The van der Waals surface area contributed by atoms with Crippen molar-refractivity contribution >= 4 is 0 Å². The molecule has 0 spiro atoms. The zero-order valence-corrected chi connectivity index (χ0v) is 12.5. The lowest BCUT2D eigenvalue weighted by atomic mass is 9.91. The molecule has 1 atom stereocenters. The zero-order valence-electron chi connectivity index (χ0n) is 12.5. The van der Waals surface area contributed by atoms with Gasteiger partial charge in [0, 0.05) is 36.8 Å². The molecule has 2 aliphatic carbocycles. The molecule has 3 heteroatoms.